The molecule has 0 bridgehead atoms. The van der Waals surface area contributed by atoms with E-state index in [0.717, 1.165) is 24.3 Å². The molecule has 2 N–H and O–H groups in total. The van der Waals surface area contributed by atoms with Crippen molar-refractivity contribution in [2.75, 3.05) is 5.73 Å². The van der Waals surface area contributed by atoms with Gasteiger partial charge in [-0.2, -0.15) is 0 Å². The van der Waals surface area contributed by atoms with Crippen LogP contribution in [0, 0.1) is 0 Å². The minimum Gasteiger partial charge on any atom is -0.744 e. The number of carbonyl (C=O) groups excluding carboxylic acids is 2. The van der Waals surface area contributed by atoms with Crippen LogP contribution in [0.4, 0.5) is 5.69 Å². The van der Waals surface area contributed by atoms with Gasteiger partial charge in [0.25, 0.3) is 0 Å². The van der Waals surface area contributed by atoms with Gasteiger partial charge in [-0.1, -0.05) is 12.1 Å². The predicted molar refractivity (Wildman–Crippen MR) is 87.8 cm³/mol. The number of hydrogen-bond donors (Lipinski definition) is 1. The second-order valence-corrected chi connectivity index (χ2v) is 8.82. The number of nitrogen functional groups attached to an aromatic ring is 1. The van der Waals surface area contributed by atoms with Gasteiger partial charge in [0.15, 0.2) is 11.6 Å². The predicted octanol–water partition coefficient (Wildman–Crippen LogP) is -5.38. The van der Waals surface area contributed by atoms with Gasteiger partial charge in [0, 0.05) is 10.0 Å². The Labute approximate surface area is 212 Å². The molecular formula is C14H6BrNNa2O8S2. The maximum Gasteiger partial charge on any atom is 1.00 e. The van der Waals surface area contributed by atoms with E-state index in [9.17, 15) is 35.5 Å². The van der Waals surface area contributed by atoms with Crippen LogP contribution >= 0.6 is 15.9 Å². The zero-order chi connectivity index (χ0) is 19.6. The first-order valence-corrected chi connectivity index (χ1v) is 10.2. The van der Waals surface area contributed by atoms with Gasteiger partial charge in [-0.15, -0.1) is 0 Å². The molecule has 2 aromatic rings. The Morgan fingerprint density at radius 1 is 0.821 bits per heavy atom. The Balaban J connectivity index is 0.00000196. The van der Waals surface area contributed by atoms with Crippen LogP contribution < -0.4 is 64.8 Å². The van der Waals surface area contributed by atoms with Crippen LogP contribution in [-0.2, 0) is 20.2 Å². The Morgan fingerprint density at radius 2 is 1.36 bits per heavy atom. The normalized spacial score (nSPS) is 13.1. The van der Waals surface area contributed by atoms with Crippen LogP contribution in [0.3, 0.4) is 0 Å². The summed E-state index contributed by atoms with van der Waals surface area (Å²) in [6, 6.07) is 3.81. The van der Waals surface area contributed by atoms with E-state index in [1.165, 1.54) is 0 Å². The second-order valence-electron chi connectivity index (χ2n) is 5.27. The molecule has 0 saturated carbocycles. The summed E-state index contributed by atoms with van der Waals surface area (Å²) in [4.78, 5) is 23.7. The maximum absolute atomic E-state index is 12.8. The molecule has 0 aliphatic heterocycles. The van der Waals surface area contributed by atoms with E-state index in [4.69, 9.17) is 5.73 Å². The number of carbonyl (C=O) groups is 2. The standard InChI is InChI=1S/C14H8BrNO8S2.2Na/c15-6-4-8(26(22,23)24)12(16)11-10(6)14(18)9-5(13(11)17)2-1-3-7(9)25(19,20)21;;/h1-4H,16H2,(H,19,20,21)(H,22,23,24);;/q;2*+1/p-2. The van der Waals surface area contributed by atoms with Crippen molar-refractivity contribution in [3.63, 3.8) is 0 Å². The third-order valence-electron chi connectivity index (χ3n) is 3.77. The quantitative estimate of drug-likeness (QED) is 0.202. The van der Waals surface area contributed by atoms with Crippen LogP contribution in [-0.4, -0.2) is 37.5 Å². The number of fused-ring (bicyclic) bond motifs is 2. The van der Waals surface area contributed by atoms with Crippen LogP contribution in [0.25, 0.3) is 0 Å². The fourth-order valence-corrected chi connectivity index (χ4v) is 4.82. The Morgan fingerprint density at radius 3 is 1.86 bits per heavy atom. The van der Waals surface area contributed by atoms with Gasteiger partial charge in [0.1, 0.15) is 20.2 Å². The summed E-state index contributed by atoms with van der Waals surface area (Å²) in [5, 5.41) is 0. The van der Waals surface area contributed by atoms with Gasteiger partial charge < -0.3 is 14.8 Å². The molecule has 0 atom stereocenters. The van der Waals surface area contributed by atoms with E-state index in [1.807, 2.05) is 0 Å². The molecule has 0 heterocycles. The minimum atomic E-state index is -5.07. The summed E-state index contributed by atoms with van der Waals surface area (Å²) in [5.74, 6) is -2.00. The largest absolute Gasteiger partial charge is 1.00 e. The van der Waals surface area contributed by atoms with E-state index in [2.05, 4.69) is 15.9 Å². The molecule has 1 aliphatic carbocycles. The first-order valence-electron chi connectivity index (χ1n) is 6.62. The Kier molecular flexibility index (Phi) is 7.92. The van der Waals surface area contributed by atoms with Gasteiger partial charge in [0.2, 0.25) is 0 Å². The van der Waals surface area contributed by atoms with Crippen molar-refractivity contribution in [3.8, 4) is 0 Å². The molecule has 3 rings (SSSR count). The van der Waals surface area contributed by atoms with E-state index < -0.39 is 69.5 Å². The van der Waals surface area contributed by atoms with Crippen molar-refractivity contribution >= 4 is 53.4 Å². The molecule has 0 amide bonds. The molecule has 1 aliphatic rings. The molecule has 0 saturated heterocycles. The molecule has 0 spiro atoms. The first-order chi connectivity index (χ1) is 11.9. The zero-order valence-corrected chi connectivity index (χ0v) is 21.6. The van der Waals surface area contributed by atoms with E-state index >= 15 is 0 Å². The molecule has 28 heavy (non-hydrogen) atoms. The summed E-state index contributed by atoms with van der Waals surface area (Å²) in [5.41, 5.74) is 2.88. The average molecular weight is 506 g/mol. The third-order valence-corrected chi connectivity index (χ3v) is 6.15. The zero-order valence-electron chi connectivity index (χ0n) is 14.3. The molecule has 0 unspecified atom stereocenters. The summed E-state index contributed by atoms with van der Waals surface area (Å²) in [6.07, 6.45) is 0. The number of anilines is 1. The Bertz CT molecular complexity index is 1240. The van der Waals surface area contributed by atoms with Crippen molar-refractivity contribution < 1.29 is 94.6 Å². The molecular weight excluding hydrogens is 500 g/mol. The van der Waals surface area contributed by atoms with E-state index in [-0.39, 0.29) is 63.6 Å². The number of ketones is 2. The smallest absolute Gasteiger partial charge is 0.744 e. The van der Waals surface area contributed by atoms with Crippen LogP contribution in [0.2, 0.25) is 0 Å². The number of halogens is 1. The fraction of sp³-hybridized carbons (Fsp3) is 0. The number of hydrogen-bond acceptors (Lipinski definition) is 9. The monoisotopic (exact) mass is 505 g/mol. The van der Waals surface area contributed by atoms with Crippen LogP contribution in [0.15, 0.2) is 38.5 Å². The van der Waals surface area contributed by atoms with Crippen molar-refractivity contribution in [1.29, 1.82) is 0 Å². The summed E-state index contributed by atoms with van der Waals surface area (Å²) < 4.78 is 68.1. The molecule has 0 fully saturated rings. The van der Waals surface area contributed by atoms with Gasteiger partial charge in [-0.25, -0.2) is 16.8 Å². The molecule has 0 aromatic heterocycles. The van der Waals surface area contributed by atoms with Crippen molar-refractivity contribution in [3.05, 3.63) is 51.0 Å². The van der Waals surface area contributed by atoms with Gasteiger partial charge in [0.05, 0.1) is 32.2 Å². The summed E-state index contributed by atoms with van der Waals surface area (Å²) >= 11 is 2.89. The van der Waals surface area contributed by atoms with Crippen LogP contribution in [0.1, 0.15) is 31.8 Å². The SMILES string of the molecule is Nc1c(S(=O)(=O)[O-])cc(Br)c2c1C(=O)c1cccc(S(=O)(=O)[O-])c1C2=O.[Na+].[Na+]. The maximum atomic E-state index is 12.8. The molecule has 136 valence electrons. The van der Waals surface area contributed by atoms with Crippen LogP contribution in [0.5, 0.6) is 0 Å². The average Bonchev–Trinajstić information content (AvgIpc) is 2.51. The molecule has 9 nitrogen and oxygen atoms in total. The number of benzene rings is 2. The Hall–Kier alpha value is -0.120. The molecule has 14 heteroatoms. The van der Waals surface area contributed by atoms with Gasteiger partial charge in [-0.3, -0.25) is 9.59 Å². The minimum absolute atomic E-state index is 0. The first kappa shape index (κ1) is 25.9. The van der Waals surface area contributed by atoms with Gasteiger partial charge >= 0.3 is 59.1 Å². The summed E-state index contributed by atoms with van der Waals surface area (Å²) in [7, 11) is -10.1. The number of nitrogens with two attached hydrogens (primary N) is 1. The topological polar surface area (TPSA) is 175 Å². The van der Waals surface area contributed by atoms with Gasteiger partial charge in [-0.05, 0) is 28.1 Å². The van der Waals surface area contributed by atoms with E-state index in [1.54, 1.807) is 0 Å². The van der Waals surface area contributed by atoms with Crippen molar-refractivity contribution in [2.24, 2.45) is 0 Å². The third kappa shape index (κ3) is 4.18. The summed E-state index contributed by atoms with van der Waals surface area (Å²) in [6.45, 7) is 0. The van der Waals surface area contributed by atoms with E-state index in [0.29, 0.717) is 0 Å². The second kappa shape index (κ2) is 8.55. The fourth-order valence-electron chi connectivity index (χ4n) is 2.73. The van der Waals surface area contributed by atoms with Crippen molar-refractivity contribution in [2.45, 2.75) is 9.79 Å². The molecule has 0 radical (unpaired) electrons. The van der Waals surface area contributed by atoms with Crippen molar-refractivity contribution in [1.82, 2.24) is 0 Å². The molecule has 2 aromatic carbocycles. The number of rotatable bonds is 2.